The Labute approximate surface area is 78.2 Å². The lowest BCUT2D eigenvalue weighted by Crippen LogP contribution is -2.10. The van der Waals surface area contributed by atoms with Gasteiger partial charge in [0.2, 0.25) is 0 Å². The maximum atomic E-state index is 10.9. The van der Waals surface area contributed by atoms with Crippen molar-refractivity contribution >= 4 is 17.6 Å². The summed E-state index contributed by atoms with van der Waals surface area (Å²) in [6, 6.07) is 0. The molecular weight excluding hydrogens is 176 g/mol. The summed E-state index contributed by atoms with van der Waals surface area (Å²) < 4.78 is 4.97. The second-order valence-corrected chi connectivity index (χ2v) is 3.82. The first-order valence-corrected chi connectivity index (χ1v) is 5.02. The third-order valence-electron chi connectivity index (χ3n) is 2.07. The number of carbonyl (C=O) groups is 1. The second kappa shape index (κ2) is 5.41. The van der Waals surface area contributed by atoms with Gasteiger partial charge in [-0.05, 0) is 25.7 Å². The highest BCUT2D eigenvalue weighted by Crippen LogP contribution is 2.16. The van der Waals surface area contributed by atoms with Crippen LogP contribution in [-0.4, -0.2) is 18.0 Å². The molecule has 1 unspecified atom stereocenters. The van der Waals surface area contributed by atoms with Crippen LogP contribution < -0.4 is 0 Å². The van der Waals surface area contributed by atoms with Gasteiger partial charge in [-0.25, -0.2) is 0 Å². The number of alkyl halides is 1. The van der Waals surface area contributed by atoms with Gasteiger partial charge in [-0.2, -0.15) is 0 Å². The zero-order valence-electron chi connectivity index (χ0n) is 7.22. The quantitative estimate of drug-likeness (QED) is 0.434. The predicted molar refractivity (Wildman–Crippen MR) is 48.3 cm³/mol. The van der Waals surface area contributed by atoms with E-state index < -0.39 is 0 Å². The van der Waals surface area contributed by atoms with E-state index in [4.69, 9.17) is 16.3 Å². The monoisotopic (exact) mass is 190 g/mol. The molecule has 2 nitrogen and oxygen atoms in total. The Morgan fingerprint density at radius 2 is 2.00 bits per heavy atom. The Balaban J connectivity index is 2.25. The lowest BCUT2D eigenvalue weighted by atomic mass is 10.1. The van der Waals surface area contributed by atoms with Crippen LogP contribution in [0.2, 0.25) is 0 Å². The molecule has 0 N–H and O–H groups in total. The fraction of sp³-hybridized carbons (Fsp3) is 0.889. The van der Waals surface area contributed by atoms with Crippen LogP contribution in [-0.2, 0) is 9.53 Å². The Hall–Kier alpha value is -0.240. The molecule has 12 heavy (non-hydrogen) atoms. The SMILES string of the molecule is O=C1CCCCC(Cl)CCCO1. The average molecular weight is 191 g/mol. The van der Waals surface area contributed by atoms with Gasteiger partial charge in [-0.3, -0.25) is 4.79 Å². The number of esters is 1. The van der Waals surface area contributed by atoms with Crippen molar-refractivity contribution in [1.29, 1.82) is 0 Å². The van der Waals surface area contributed by atoms with Crippen molar-refractivity contribution in [2.45, 2.75) is 43.9 Å². The molecule has 1 saturated heterocycles. The molecule has 3 heteroatoms. The average Bonchev–Trinajstić information content (AvgIpc) is 2.06. The highest BCUT2D eigenvalue weighted by molar-refractivity contribution is 6.20. The fourth-order valence-corrected chi connectivity index (χ4v) is 1.65. The maximum Gasteiger partial charge on any atom is 0.305 e. The number of hydrogen-bond donors (Lipinski definition) is 0. The zero-order chi connectivity index (χ0) is 8.81. The number of rotatable bonds is 0. The molecule has 0 amide bonds. The van der Waals surface area contributed by atoms with E-state index in [1.165, 1.54) is 0 Å². The first kappa shape index (κ1) is 9.85. The van der Waals surface area contributed by atoms with Crippen LogP contribution in [0.25, 0.3) is 0 Å². The smallest absolute Gasteiger partial charge is 0.305 e. The number of ether oxygens (including phenoxy) is 1. The van der Waals surface area contributed by atoms with Gasteiger partial charge in [0.1, 0.15) is 0 Å². The Kier molecular flexibility index (Phi) is 4.44. The van der Waals surface area contributed by atoms with Gasteiger partial charge < -0.3 is 4.74 Å². The van der Waals surface area contributed by atoms with Gasteiger partial charge in [-0.15, -0.1) is 11.6 Å². The van der Waals surface area contributed by atoms with Crippen molar-refractivity contribution in [3.8, 4) is 0 Å². The summed E-state index contributed by atoms with van der Waals surface area (Å²) in [7, 11) is 0. The highest BCUT2D eigenvalue weighted by Gasteiger charge is 2.09. The number of cyclic esters (lactones) is 1. The predicted octanol–water partition coefficient (Wildman–Crippen LogP) is 2.49. The van der Waals surface area contributed by atoms with Crippen molar-refractivity contribution in [1.82, 2.24) is 0 Å². The maximum absolute atomic E-state index is 10.9. The molecule has 0 saturated carbocycles. The van der Waals surface area contributed by atoms with Gasteiger partial charge in [0.05, 0.1) is 6.61 Å². The minimum atomic E-state index is -0.0528. The Bertz CT molecular complexity index is 133. The topological polar surface area (TPSA) is 26.3 Å². The van der Waals surface area contributed by atoms with Crippen LogP contribution in [0.5, 0.6) is 0 Å². The van der Waals surface area contributed by atoms with E-state index in [1.807, 2.05) is 0 Å². The molecule has 1 aliphatic heterocycles. The molecule has 0 radical (unpaired) electrons. The third kappa shape index (κ3) is 3.96. The second-order valence-electron chi connectivity index (χ2n) is 3.21. The van der Waals surface area contributed by atoms with Crippen LogP contribution in [0.4, 0.5) is 0 Å². The zero-order valence-corrected chi connectivity index (χ0v) is 7.98. The van der Waals surface area contributed by atoms with E-state index in [2.05, 4.69) is 0 Å². The van der Waals surface area contributed by atoms with Crippen LogP contribution in [0.1, 0.15) is 38.5 Å². The van der Waals surface area contributed by atoms with Crippen LogP contribution >= 0.6 is 11.6 Å². The van der Waals surface area contributed by atoms with Gasteiger partial charge in [-0.1, -0.05) is 6.42 Å². The number of hydrogen-bond acceptors (Lipinski definition) is 2. The van der Waals surface area contributed by atoms with Gasteiger partial charge >= 0.3 is 5.97 Å². The molecule has 0 bridgehead atoms. The van der Waals surface area contributed by atoms with Gasteiger partial charge in [0.25, 0.3) is 0 Å². The molecule has 70 valence electrons. The lowest BCUT2D eigenvalue weighted by Gasteiger charge is -2.12. The summed E-state index contributed by atoms with van der Waals surface area (Å²) in [5, 5.41) is 0.279. The molecule has 1 fully saturated rings. The lowest BCUT2D eigenvalue weighted by molar-refractivity contribution is -0.144. The van der Waals surface area contributed by atoms with Gasteiger partial charge in [0, 0.05) is 11.8 Å². The fourth-order valence-electron chi connectivity index (χ4n) is 1.34. The Morgan fingerprint density at radius 1 is 1.25 bits per heavy atom. The molecule has 1 heterocycles. The molecule has 0 aromatic carbocycles. The summed E-state index contributed by atoms with van der Waals surface area (Å²) in [5.74, 6) is -0.0528. The number of carbonyl (C=O) groups excluding carboxylic acids is 1. The largest absolute Gasteiger partial charge is 0.466 e. The first-order chi connectivity index (χ1) is 5.79. The van der Waals surface area contributed by atoms with Crippen molar-refractivity contribution < 1.29 is 9.53 Å². The molecule has 1 atom stereocenters. The summed E-state index contributed by atoms with van der Waals surface area (Å²) in [6.07, 6.45) is 5.43. The number of halogens is 1. The van der Waals surface area contributed by atoms with E-state index >= 15 is 0 Å². The standard InChI is InChI=1S/C9H15ClO2/c10-8-4-1-2-6-9(11)12-7-3-5-8/h8H,1-7H2. The van der Waals surface area contributed by atoms with Crippen molar-refractivity contribution in [3.63, 3.8) is 0 Å². The summed E-state index contributed by atoms with van der Waals surface area (Å²) in [4.78, 5) is 10.9. The first-order valence-electron chi connectivity index (χ1n) is 4.59. The van der Waals surface area contributed by atoms with Crippen LogP contribution in [0, 0.1) is 0 Å². The molecule has 1 aliphatic rings. The summed E-state index contributed by atoms with van der Waals surface area (Å²) in [5.41, 5.74) is 0. The normalized spacial score (nSPS) is 27.8. The third-order valence-corrected chi connectivity index (χ3v) is 2.51. The molecular formula is C9H15ClO2. The van der Waals surface area contributed by atoms with E-state index in [-0.39, 0.29) is 11.3 Å². The van der Waals surface area contributed by atoms with E-state index in [9.17, 15) is 4.79 Å². The summed E-state index contributed by atoms with van der Waals surface area (Å²) >= 11 is 6.02. The molecule has 1 rings (SSSR count). The Morgan fingerprint density at radius 3 is 2.83 bits per heavy atom. The van der Waals surface area contributed by atoms with E-state index in [1.54, 1.807) is 0 Å². The van der Waals surface area contributed by atoms with E-state index in [0.717, 1.165) is 32.1 Å². The molecule has 0 aromatic rings. The molecule has 0 spiro atoms. The van der Waals surface area contributed by atoms with Crippen molar-refractivity contribution in [2.24, 2.45) is 0 Å². The molecule has 0 aliphatic carbocycles. The van der Waals surface area contributed by atoms with Crippen molar-refractivity contribution in [2.75, 3.05) is 6.61 Å². The summed E-state index contributed by atoms with van der Waals surface area (Å²) in [6.45, 7) is 0.544. The van der Waals surface area contributed by atoms with Gasteiger partial charge in [0.15, 0.2) is 0 Å². The van der Waals surface area contributed by atoms with Crippen LogP contribution in [0.15, 0.2) is 0 Å². The molecule has 0 aromatic heterocycles. The highest BCUT2D eigenvalue weighted by atomic mass is 35.5. The minimum absolute atomic E-state index is 0.0528. The van der Waals surface area contributed by atoms with Crippen molar-refractivity contribution in [3.05, 3.63) is 0 Å². The van der Waals surface area contributed by atoms with Crippen LogP contribution in [0.3, 0.4) is 0 Å². The van der Waals surface area contributed by atoms with E-state index in [0.29, 0.717) is 13.0 Å². The minimum Gasteiger partial charge on any atom is -0.466 e.